The van der Waals surface area contributed by atoms with Gasteiger partial charge in [0.15, 0.2) is 5.13 Å². The van der Waals surface area contributed by atoms with Gasteiger partial charge in [-0.3, -0.25) is 5.32 Å². The van der Waals surface area contributed by atoms with Crippen LogP contribution in [0.15, 0.2) is 29.6 Å². The zero-order valence-electron chi connectivity index (χ0n) is 10.5. The van der Waals surface area contributed by atoms with Gasteiger partial charge in [-0.2, -0.15) is 0 Å². The Bertz CT molecular complexity index is 569. The summed E-state index contributed by atoms with van der Waals surface area (Å²) in [5, 5.41) is 17.0. The number of hydrogen-bond donors (Lipinski definition) is 3. The quantitative estimate of drug-likeness (QED) is 0.802. The highest BCUT2D eigenvalue weighted by atomic mass is 32.1. The number of hydrogen-bond acceptors (Lipinski definition) is 4. The fourth-order valence-corrected chi connectivity index (χ4v) is 2.30. The first-order valence-electron chi connectivity index (χ1n) is 5.83. The van der Waals surface area contributed by atoms with Gasteiger partial charge in [0.1, 0.15) is 0 Å². The van der Waals surface area contributed by atoms with Gasteiger partial charge in [0.2, 0.25) is 0 Å². The third-order valence-electron chi connectivity index (χ3n) is 2.57. The maximum atomic E-state index is 11.7. The second kappa shape index (κ2) is 6.31. The van der Waals surface area contributed by atoms with Gasteiger partial charge in [-0.1, -0.05) is 24.3 Å². The van der Waals surface area contributed by atoms with Crippen molar-refractivity contribution in [2.45, 2.75) is 20.1 Å². The molecule has 0 atom stereocenters. The maximum absolute atomic E-state index is 11.7. The van der Waals surface area contributed by atoms with Gasteiger partial charge in [-0.25, -0.2) is 9.78 Å². The molecule has 0 radical (unpaired) electrons. The summed E-state index contributed by atoms with van der Waals surface area (Å²) in [7, 11) is 0. The number of nitrogens with one attached hydrogen (secondary N) is 2. The largest absolute Gasteiger partial charge is 0.392 e. The number of carbonyl (C=O) groups is 1. The van der Waals surface area contributed by atoms with Crippen LogP contribution in [-0.2, 0) is 13.2 Å². The van der Waals surface area contributed by atoms with Crippen molar-refractivity contribution in [3.8, 4) is 0 Å². The van der Waals surface area contributed by atoms with Crippen molar-refractivity contribution in [3.05, 3.63) is 46.5 Å². The molecule has 1 aromatic carbocycles. The number of aliphatic hydroxyl groups excluding tert-OH is 1. The van der Waals surface area contributed by atoms with E-state index in [9.17, 15) is 9.90 Å². The molecule has 0 fully saturated rings. The van der Waals surface area contributed by atoms with Gasteiger partial charge >= 0.3 is 6.03 Å². The lowest BCUT2D eigenvalue weighted by Crippen LogP contribution is -2.28. The van der Waals surface area contributed by atoms with Crippen LogP contribution in [0, 0.1) is 6.92 Å². The highest BCUT2D eigenvalue weighted by Crippen LogP contribution is 2.14. The maximum Gasteiger partial charge on any atom is 0.321 e. The van der Waals surface area contributed by atoms with Crippen LogP contribution >= 0.6 is 11.3 Å². The molecule has 1 heterocycles. The molecule has 2 rings (SSSR count). The van der Waals surface area contributed by atoms with Crippen LogP contribution in [0.2, 0.25) is 0 Å². The number of carbonyl (C=O) groups excluding carboxylic acids is 1. The van der Waals surface area contributed by atoms with Crippen molar-refractivity contribution in [2.75, 3.05) is 5.32 Å². The molecule has 2 aromatic rings. The summed E-state index contributed by atoms with van der Waals surface area (Å²) in [5.41, 5.74) is 2.59. The first-order chi connectivity index (χ1) is 9.19. The minimum Gasteiger partial charge on any atom is -0.392 e. The van der Waals surface area contributed by atoms with Crippen LogP contribution in [0.4, 0.5) is 9.93 Å². The van der Waals surface area contributed by atoms with Crippen molar-refractivity contribution >= 4 is 22.5 Å². The number of benzene rings is 1. The number of thiazole rings is 1. The van der Waals surface area contributed by atoms with Crippen molar-refractivity contribution in [2.24, 2.45) is 0 Å². The van der Waals surface area contributed by atoms with E-state index in [2.05, 4.69) is 15.6 Å². The van der Waals surface area contributed by atoms with Crippen LogP contribution in [0.5, 0.6) is 0 Å². The van der Waals surface area contributed by atoms with E-state index in [0.717, 1.165) is 16.8 Å². The van der Waals surface area contributed by atoms with Gasteiger partial charge in [0.25, 0.3) is 0 Å². The van der Waals surface area contributed by atoms with E-state index < -0.39 is 0 Å². The zero-order valence-corrected chi connectivity index (χ0v) is 11.3. The minimum absolute atomic E-state index is 0.0366. The minimum atomic E-state index is -0.304. The number of anilines is 1. The fourth-order valence-electron chi connectivity index (χ4n) is 1.61. The molecular formula is C13H15N3O2S. The standard InChI is InChI=1S/C13H15N3O2S/c1-9-8-19-13(15-9)16-12(18)14-6-10-4-2-3-5-11(10)7-17/h2-5,8,17H,6-7H2,1H3,(H2,14,15,16,18). The molecule has 0 bridgehead atoms. The zero-order chi connectivity index (χ0) is 13.7. The summed E-state index contributed by atoms with van der Waals surface area (Å²) in [6.07, 6.45) is 0. The Morgan fingerprint density at radius 1 is 1.37 bits per heavy atom. The van der Waals surface area contributed by atoms with Gasteiger partial charge < -0.3 is 10.4 Å². The van der Waals surface area contributed by atoms with Crippen molar-refractivity contribution in [1.29, 1.82) is 0 Å². The van der Waals surface area contributed by atoms with E-state index in [1.165, 1.54) is 11.3 Å². The third kappa shape index (κ3) is 3.77. The summed E-state index contributed by atoms with van der Waals surface area (Å²) in [6.45, 7) is 2.20. The van der Waals surface area contributed by atoms with Crippen molar-refractivity contribution in [1.82, 2.24) is 10.3 Å². The second-order valence-electron chi connectivity index (χ2n) is 4.03. The van der Waals surface area contributed by atoms with Crippen LogP contribution in [0.1, 0.15) is 16.8 Å². The SMILES string of the molecule is Cc1csc(NC(=O)NCc2ccccc2CO)n1. The molecule has 100 valence electrons. The van der Waals surface area contributed by atoms with Gasteiger partial charge in [-0.05, 0) is 18.1 Å². The van der Waals surface area contributed by atoms with Crippen LogP contribution in [-0.4, -0.2) is 16.1 Å². The molecule has 1 aromatic heterocycles. The van der Waals surface area contributed by atoms with E-state index in [-0.39, 0.29) is 12.6 Å². The topological polar surface area (TPSA) is 74.2 Å². The number of aliphatic hydroxyl groups is 1. The van der Waals surface area contributed by atoms with Crippen LogP contribution in [0.25, 0.3) is 0 Å². The van der Waals surface area contributed by atoms with Gasteiger partial charge in [0.05, 0.1) is 12.3 Å². The summed E-state index contributed by atoms with van der Waals surface area (Å²) < 4.78 is 0. The van der Waals surface area contributed by atoms with Crippen LogP contribution < -0.4 is 10.6 Å². The normalized spacial score (nSPS) is 10.2. The predicted molar refractivity (Wildman–Crippen MR) is 75.1 cm³/mol. The number of aryl methyl sites for hydroxylation is 1. The fraction of sp³-hybridized carbons (Fsp3) is 0.231. The second-order valence-corrected chi connectivity index (χ2v) is 4.89. The number of amides is 2. The van der Waals surface area contributed by atoms with E-state index in [1.807, 2.05) is 36.6 Å². The number of rotatable bonds is 4. The number of nitrogens with zero attached hydrogens (tertiary/aromatic N) is 1. The molecule has 0 saturated carbocycles. The Morgan fingerprint density at radius 2 is 2.11 bits per heavy atom. The van der Waals surface area contributed by atoms with Crippen molar-refractivity contribution < 1.29 is 9.90 Å². The predicted octanol–water partition coefficient (Wildman–Crippen LogP) is 2.27. The first kappa shape index (κ1) is 13.5. The van der Waals surface area contributed by atoms with E-state index in [4.69, 9.17) is 0 Å². The summed E-state index contributed by atoms with van der Waals surface area (Å²) in [6, 6.07) is 7.13. The van der Waals surface area contributed by atoms with E-state index in [1.54, 1.807) is 0 Å². The monoisotopic (exact) mass is 277 g/mol. The number of aromatic nitrogens is 1. The molecule has 2 amide bonds. The Labute approximate surface area is 115 Å². The molecule has 0 aliphatic heterocycles. The molecule has 0 unspecified atom stereocenters. The van der Waals surface area contributed by atoms with Gasteiger partial charge in [-0.15, -0.1) is 11.3 Å². The first-order valence-corrected chi connectivity index (χ1v) is 6.71. The summed E-state index contributed by atoms with van der Waals surface area (Å²) in [4.78, 5) is 15.8. The Morgan fingerprint density at radius 3 is 2.74 bits per heavy atom. The molecule has 6 heteroatoms. The lowest BCUT2D eigenvalue weighted by Gasteiger charge is -2.08. The smallest absolute Gasteiger partial charge is 0.321 e. The Hall–Kier alpha value is -1.92. The molecule has 19 heavy (non-hydrogen) atoms. The van der Waals surface area contributed by atoms with E-state index in [0.29, 0.717) is 11.7 Å². The highest BCUT2D eigenvalue weighted by Gasteiger charge is 2.06. The summed E-state index contributed by atoms with van der Waals surface area (Å²) >= 11 is 1.38. The van der Waals surface area contributed by atoms with Crippen LogP contribution in [0.3, 0.4) is 0 Å². The average molecular weight is 277 g/mol. The average Bonchev–Trinajstić information content (AvgIpc) is 2.82. The van der Waals surface area contributed by atoms with E-state index >= 15 is 0 Å². The molecule has 0 aliphatic carbocycles. The molecule has 5 nitrogen and oxygen atoms in total. The molecular weight excluding hydrogens is 262 g/mol. The lowest BCUT2D eigenvalue weighted by atomic mass is 10.1. The molecule has 0 spiro atoms. The summed E-state index contributed by atoms with van der Waals surface area (Å²) in [5.74, 6) is 0. The molecule has 3 N–H and O–H groups in total. The third-order valence-corrected chi connectivity index (χ3v) is 3.44. The molecule has 0 aliphatic rings. The molecule has 0 saturated heterocycles. The Kier molecular flexibility index (Phi) is 4.48. The Balaban J connectivity index is 1.89. The van der Waals surface area contributed by atoms with Gasteiger partial charge in [0, 0.05) is 11.9 Å². The lowest BCUT2D eigenvalue weighted by molar-refractivity contribution is 0.251. The highest BCUT2D eigenvalue weighted by molar-refractivity contribution is 7.13. The number of urea groups is 1. The van der Waals surface area contributed by atoms with Crippen molar-refractivity contribution in [3.63, 3.8) is 0 Å².